The summed E-state index contributed by atoms with van der Waals surface area (Å²) in [4.78, 5) is 22.7. The van der Waals surface area contributed by atoms with Crippen LogP contribution in [0.1, 0.15) is 45.6 Å². The summed E-state index contributed by atoms with van der Waals surface area (Å²) in [5.74, 6) is -2.05. The van der Waals surface area contributed by atoms with E-state index < -0.39 is 36.0 Å². The molecule has 1 unspecified atom stereocenters. The number of ketones is 1. The average molecular weight is 375 g/mol. The van der Waals surface area contributed by atoms with Gasteiger partial charge < -0.3 is 14.8 Å². The van der Waals surface area contributed by atoms with Gasteiger partial charge in [0, 0.05) is 6.42 Å². The zero-order chi connectivity index (χ0) is 20.0. The average Bonchev–Trinajstić information content (AvgIpc) is 2.49. The minimum Gasteiger partial charge on any atom is -0.491 e. The molecular weight excluding hydrogens is 351 g/mol. The topological polar surface area (TPSA) is 64.6 Å². The monoisotopic (exact) mass is 375 g/mol. The Morgan fingerprint density at radius 2 is 1.77 bits per heavy atom. The summed E-state index contributed by atoms with van der Waals surface area (Å²) in [5.41, 5.74) is -0.111. The number of ether oxygens (including phenoxy) is 2. The molecule has 0 aromatic heterocycles. The predicted molar refractivity (Wildman–Crippen MR) is 90.3 cm³/mol. The summed E-state index contributed by atoms with van der Waals surface area (Å²) in [6.07, 6.45) is -6.08. The number of hydrogen-bond acceptors (Lipinski definition) is 4. The van der Waals surface area contributed by atoms with Gasteiger partial charge in [0.25, 0.3) is 0 Å². The highest BCUT2D eigenvalue weighted by Crippen LogP contribution is 2.31. The molecule has 8 heteroatoms. The first-order valence-electron chi connectivity index (χ1n) is 8.18. The molecule has 26 heavy (non-hydrogen) atoms. The molecule has 0 saturated carbocycles. The Morgan fingerprint density at radius 3 is 2.35 bits per heavy atom. The number of carbonyl (C=O) groups is 2. The number of alkyl carbamates (subject to hydrolysis) is 1. The van der Waals surface area contributed by atoms with Gasteiger partial charge in [0.15, 0.2) is 0 Å². The van der Waals surface area contributed by atoms with E-state index in [1.165, 1.54) is 6.92 Å². The van der Waals surface area contributed by atoms with E-state index in [1.54, 1.807) is 45.0 Å². The quantitative estimate of drug-likeness (QED) is 0.725. The minimum atomic E-state index is -4.85. The molecule has 0 aliphatic carbocycles. The van der Waals surface area contributed by atoms with Crippen molar-refractivity contribution in [1.29, 1.82) is 0 Å². The molecule has 0 aliphatic heterocycles. The Labute approximate surface area is 150 Å². The SMILES string of the molecule is CC(CC(=O)C(F)(F)F)c1ccccc1OCCNC(=O)OC(C)(C)C. The van der Waals surface area contributed by atoms with Crippen LogP contribution in [0.15, 0.2) is 24.3 Å². The fraction of sp³-hybridized carbons (Fsp3) is 0.556. The maximum Gasteiger partial charge on any atom is 0.449 e. The zero-order valence-electron chi connectivity index (χ0n) is 15.3. The lowest BCUT2D eigenvalue weighted by Crippen LogP contribution is -2.34. The molecule has 0 heterocycles. The van der Waals surface area contributed by atoms with Gasteiger partial charge in [-0.3, -0.25) is 4.79 Å². The van der Waals surface area contributed by atoms with E-state index >= 15 is 0 Å². The summed E-state index contributed by atoms with van der Waals surface area (Å²) in [5, 5.41) is 2.52. The van der Waals surface area contributed by atoms with Crippen molar-refractivity contribution in [3.05, 3.63) is 29.8 Å². The number of alkyl halides is 3. The first-order chi connectivity index (χ1) is 11.9. The van der Waals surface area contributed by atoms with Crippen molar-refractivity contribution in [2.24, 2.45) is 0 Å². The first-order valence-corrected chi connectivity index (χ1v) is 8.18. The van der Waals surface area contributed by atoms with Gasteiger partial charge in [0.1, 0.15) is 18.0 Å². The van der Waals surface area contributed by atoms with E-state index in [9.17, 15) is 22.8 Å². The molecule has 0 fully saturated rings. The largest absolute Gasteiger partial charge is 0.491 e. The molecule has 1 amide bonds. The second-order valence-corrected chi connectivity index (χ2v) is 6.84. The minimum absolute atomic E-state index is 0.107. The third-order valence-corrected chi connectivity index (χ3v) is 3.29. The van der Waals surface area contributed by atoms with Crippen LogP contribution >= 0.6 is 0 Å². The van der Waals surface area contributed by atoms with E-state index in [2.05, 4.69) is 5.32 Å². The molecule has 1 N–H and O–H groups in total. The number of Topliss-reactive ketones (excluding diaryl/α,β-unsaturated/α-hetero) is 1. The van der Waals surface area contributed by atoms with Crippen LogP contribution in [0.4, 0.5) is 18.0 Å². The van der Waals surface area contributed by atoms with Crippen molar-refractivity contribution in [3.63, 3.8) is 0 Å². The first kappa shape index (κ1) is 21.8. The van der Waals surface area contributed by atoms with Crippen molar-refractivity contribution in [2.75, 3.05) is 13.2 Å². The predicted octanol–water partition coefficient (Wildman–Crippen LogP) is 4.22. The molecule has 0 bridgehead atoms. The van der Waals surface area contributed by atoms with Gasteiger partial charge in [-0.15, -0.1) is 0 Å². The van der Waals surface area contributed by atoms with Gasteiger partial charge in [-0.1, -0.05) is 25.1 Å². The molecule has 5 nitrogen and oxygen atoms in total. The van der Waals surface area contributed by atoms with Crippen LogP contribution in [0.5, 0.6) is 5.75 Å². The summed E-state index contributed by atoms with van der Waals surface area (Å²) in [7, 11) is 0. The van der Waals surface area contributed by atoms with E-state index in [4.69, 9.17) is 9.47 Å². The van der Waals surface area contributed by atoms with E-state index in [1.807, 2.05) is 0 Å². The number of nitrogens with one attached hydrogen (secondary N) is 1. The van der Waals surface area contributed by atoms with Crippen LogP contribution in [0.25, 0.3) is 0 Å². The Bertz CT molecular complexity index is 624. The van der Waals surface area contributed by atoms with Crippen molar-refractivity contribution in [1.82, 2.24) is 5.32 Å². The number of benzene rings is 1. The number of rotatable bonds is 7. The third-order valence-electron chi connectivity index (χ3n) is 3.29. The Kier molecular flexibility index (Phi) is 7.47. The number of halogens is 3. The lowest BCUT2D eigenvalue weighted by molar-refractivity contribution is -0.171. The number of para-hydroxylation sites is 1. The van der Waals surface area contributed by atoms with Crippen LogP contribution in [0, 0.1) is 0 Å². The van der Waals surface area contributed by atoms with Crippen LogP contribution in [-0.4, -0.2) is 36.8 Å². The van der Waals surface area contributed by atoms with Crippen molar-refractivity contribution >= 4 is 11.9 Å². The molecule has 0 radical (unpaired) electrons. The molecule has 0 spiro atoms. The third kappa shape index (κ3) is 7.76. The van der Waals surface area contributed by atoms with Crippen molar-refractivity contribution < 1.29 is 32.2 Å². The standard InChI is InChI=1S/C18H24F3NO4/c1-12(11-15(23)18(19,20)21)13-7-5-6-8-14(13)25-10-9-22-16(24)26-17(2,3)4/h5-8,12H,9-11H2,1-4H3,(H,22,24). The Balaban J connectivity index is 2.59. The van der Waals surface area contributed by atoms with Crippen LogP contribution in [0.3, 0.4) is 0 Å². The Morgan fingerprint density at radius 1 is 1.15 bits per heavy atom. The number of amides is 1. The molecule has 1 aromatic rings. The zero-order valence-corrected chi connectivity index (χ0v) is 15.3. The van der Waals surface area contributed by atoms with Crippen molar-refractivity contribution in [2.45, 2.75) is 51.8 Å². The molecular formula is C18H24F3NO4. The van der Waals surface area contributed by atoms with Crippen molar-refractivity contribution in [3.8, 4) is 5.75 Å². The van der Waals surface area contributed by atoms with Gasteiger partial charge in [-0.05, 0) is 38.3 Å². The molecule has 1 aromatic carbocycles. The lowest BCUT2D eigenvalue weighted by atomic mass is 9.94. The van der Waals surface area contributed by atoms with Crippen LogP contribution in [-0.2, 0) is 9.53 Å². The van der Waals surface area contributed by atoms with Crippen LogP contribution in [0.2, 0.25) is 0 Å². The normalized spacial score (nSPS) is 13.0. The van der Waals surface area contributed by atoms with Gasteiger partial charge in [-0.25, -0.2) is 4.79 Å². The van der Waals surface area contributed by atoms with Gasteiger partial charge in [0.2, 0.25) is 5.78 Å². The van der Waals surface area contributed by atoms with Gasteiger partial charge in [0.05, 0.1) is 6.54 Å². The van der Waals surface area contributed by atoms with Crippen LogP contribution < -0.4 is 10.1 Å². The molecule has 1 rings (SSSR count). The maximum atomic E-state index is 12.4. The second kappa shape index (κ2) is 8.91. The molecule has 0 saturated heterocycles. The second-order valence-electron chi connectivity index (χ2n) is 6.84. The summed E-state index contributed by atoms with van der Waals surface area (Å²) >= 11 is 0. The fourth-order valence-electron chi connectivity index (χ4n) is 2.15. The summed E-state index contributed by atoms with van der Waals surface area (Å²) in [6, 6.07) is 6.57. The van der Waals surface area contributed by atoms with E-state index in [0.717, 1.165) is 0 Å². The van der Waals surface area contributed by atoms with Gasteiger partial charge >= 0.3 is 12.3 Å². The number of hydrogen-bond donors (Lipinski definition) is 1. The smallest absolute Gasteiger partial charge is 0.449 e. The lowest BCUT2D eigenvalue weighted by Gasteiger charge is -2.20. The molecule has 1 atom stereocenters. The maximum absolute atomic E-state index is 12.4. The highest BCUT2D eigenvalue weighted by atomic mass is 19.4. The summed E-state index contributed by atoms with van der Waals surface area (Å²) < 4.78 is 47.9. The molecule has 0 aliphatic rings. The fourth-order valence-corrected chi connectivity index (χ4v) is 2.15. The van der Waals surface area contributed by atoms with E-state index in [0.29, 0.717) is 11.3 Å². The summed E-state index contributed by atoms with van der Waals surface area (Å²) in [6.45, 7) is 7.02. The van der Waals surface area contributed by atoms with E-state index in [-0.39, 0.29) is 13.2 Å². The highest BCUT2D eigenvalue weighted by Gasteiger charge is 2.38. The Hall–Kier alpha value is -2.25. The van der Waals surface area contributed by atoms with Gasteiger partial charge in [-0.2, -0.15) is 13.2 Å². The highest BCUT2D eigenvalue weighted by molar-refractivity contribution is 5.84. The molecule has 146 valence electrons. The number of carbonyl (C=O) groups excluding carboxylic acids is 2.